The van der Waals surface area contributed by atoms with Crippen LogP contribution in [0, 0.1) is 17.8 Å². The molecule has 0 aromatic heterocycles. The van der Waals surface area contributed by atoms with E-state index >= 15 is 0 Å². The van der Waals surface area contributed by atoms with Crippen molar-refractivity contribution < 1.29 is 4.84 Å². The Morgan fingerprint density at radius 1 is 1.00 bits per heavy atom. The summed E-state index contributed by atoms with van der Waals surface area (Å²) in [4.78, 5) is 6.56. The van der Waals surface area contributed by atoms with Crippen LogP contribution in [0.2, 0.25) is 0 Å². The van der Waals surface area contributed by atoms with E-state index in [9.17, 15) is 0 Å². The number of hydrogen-bond acceptors (Lipinski definition) is 2. The molecule has 4 fully saturated rings. The summed E-state index contributed by atoms with van der Waals surface area (Å²) in [6, 6.07) is 1.50. The molecule has 1 aliphatic heterocycles. The molecule has 0 aromatic carbocycles. The van der Waals surface area contributed by atoms with Crippen molar-refractivity contribution in [3.05, 3.63) is 0 Å². The molecule has 0 spiro atoms. The molecule has 4 rings (SSSR count). The lowest BCUT2D eigenvalue weighted by Crippen LogP contribution is -2.42. The molecule has 1 saturated heterocycles. The van der Waals surface area contributed by atoms with Crippen molar-refractivity contribution in [2.75, 3.05) is 0 Å². The number of rotatable bonds is 3. The first-order chi connectivity index (χ1) is 9.38. The summed E-state index contributed by atoms with van der Waals surface area (Å²) in [7, 11) is 0. The number of fused-ring (bicyclic) bond motifs is 5. The third-order valence-electron chi connectivity index (χ3n) is 6.44. The van der Waals surface area contributed by atoms with E-state index in [1.165, 1.54) is 64.2 Å². The fourth-order valence-electron chi connectivity index (χ4n) is 5.67. The van der Waals surface area contributed by atoms with Gasteiger partial charge in [-0.15, -0.1) is 0 Å². The highest BCUT2D eigenvalue weighted by molar-refractivity contribution is 5.05. The first-order valence-electron chi connectivity index (χ1n) is 8.83. The van der Waals surface area contributed by atoms with Gasteiger partial charge in [-0.1, -0.05) is 32.6 Å². The van der Waals surface area contributed by atoms with E-state index in [0.29, 0.717) is 6.10 Å². The Hall–Kier alpha value is -0.0800. The predicted molar refractivity (Wildman–Crippen MR) is 76.6 cm³/mol. The molecule has 4 aliphatic rings. The third kappa shape index (κ3) is 1.98. The lowest BCUT2D eigenvalue weighted by atomic mass is 9.80. The molecule has 5 atom stereocenters. The van der Waals surface area contributed by atoms with Crippen LogP contribution >= 0.6 is 0 Å². The van der Waals surface area contributed by atoms with E-state index in [2.05, 4.69) is 12.0 Å². The zero-order chi connectivity index (χ0) is 12.8. The van der Waals surface area contributed by atoms with Gasteiger partial charge in [0, 0.05) is 18.0 Å². The Morgan fingerprint density at radius 2 is 1.79 bits per heavy atom. The Labute approximate surface area is 117 Å². The average Bonchev–Trinajstić information content (AvgIpc) is 3.12. The molecule has 0 radical (unpaired) electrons. The van der Waals surface area contributed by atoms with Crippen LogP contribution in [0.1, 0.15) is 71.1 Å². The van der Waals surface area contributed by atoms with E-state index in [0.717, 1.165) is 29.8 Å². The zero-order valence-corrected chi connectivity index (χ0v) is 12.4. The summed E-state index contributed by atoms with van der Waals surface area (Å²) < 4.78 is 0. The molecular weight excluding hydrogens is 234 g/mol. The van der Waals surface area contributed by atoms with Crippen LogP contribution in [0.3, 0.4) is 0 Å². The van der Waals surface area contributed by atoms with Gasteiger partial charge in [0.15, 0.2) is 0 Å². The smallest absolute Gasteiger partial charge is 0.0868 e. The van der Waals surface area contributed by atoms with E-state index in [1.807, 2.05) is 0 Å². The van der Waals surface area contributed by atoms with Crippen molar-refractivity contribution in [3.63, 3.8) is 0 Å². The summed E-state index contributed by atoms with van der Waals surface area (Å²) in [6.45, 7) is 2.35. The monoisotopic (exact) mass is 263 g/mol. The summed E-state index contributed by atoms with van der Waals surface area (Å²) in [5.74, 6) is 2.80. The molecule has 3 aliphatic carbocycles. The fraction of sp³-hybridized carbons (Fsp3) is 1.00. The van der Waals surface area contributed by atoms with E-state index in [1.54, 1.807) is 0 Å². The molecular formula is C17H29NO. The topological polar surface area (TPSA) is 12.5 Å². The van der Waals surface area contributed by atoms with Crippen molar-refractivity contribution in [2.24, 2.45) is 17.8 Å². The Bertz CT molecular complexity index is 325. The predicted octanol–water partition coefficient (Wildman–Crippen LogP) is 4.15. The Balaban J connectivity index is 1.54. The quantitative estimate of drug-likeness (QED) is 0.758. The van der Waals surface area contributed by atoms with Crippen LogP contribution in [-0.2, 0) is 4.84 Å². The van der Waals surface area contributed by atoms with Gasteiger partial charge in [-0.2, -0.15) is 5.06 Å². The number of hydroxylamine groups is 2. The molecule has 2 bridgehead atoms. The van der Waals surface area contributed by atoms with Crippen LogP contribution in [0.15, 0.2) is 0 Å². The molecule has 19 heavy (non-hydrogen) atoms. The minimum atomic E-state index is 0.609. The van der Waals surface area contributed by atoms with Crippen molar-refractivity contribution in [1.29, 1.82) is 0 Å². The first kappa shape index (κ1) is 12.6. The standard InChI is InChI=1S/C17H29NO/c1-2-6-15-16-12-9-10-13(11-12)17(16)19-18(15)14-7-4-3-5-8-14/h12-17H,2-11H2,1H3/t12-,13-,15+,16+,17-/m0/s1. The second-order valence-corrected chi connectivity index (χ2v) is 7.49. The normalized spacial score (nSPS) is 46.9. The van der Waals surface area contributed by atoms with Crippen molar-refractivity contribution in [3.8, 4) is 0 Å². The van der Waals surface area contributed by atoms with E-state index < -0.39 is 0 Å². The fourth-order valence-corrected chi connectivity index (χ4v) is 5.67. The molecule has 3 saturated carbocycles. The Kier molecular flexibility index (Phi) is 3.35. The largest absolute Gasteiger partial charge is 0.294 e. The van der Waals surface area contributed by atoms with Gasteiger partial charge in [0.2, 0.25) is 0 Å². The highest BCUT2D eigenvalue weighted by Gasteiger charge is 2.58. The maximum atomic E-state index is 6.56. The van der Waals surface area contributed by atoms with Gasteiger partial charge < -0.3 is 0 Å². The van der Waals surface area contributed by atoms with Crippen LogP contribution < -0.4 is 0 Å². The third-order valence-corrected chi connectivity index (χ3v) is 6.44. The average molecular weight is 263 g/mol. The van der Waals surface area contributed by atoms with E-state index in [4.69, 9.17) is 4.84 Å². The van der Waals surface area contributed by atoms with E-state index in [-0.39, 0.29) is 0 Å². The highest BCUT2D eigenvalue weighted by atomic mass is 16.7. The summed E-state index contributed by atoms with van der Waals surface area (Å²) in [6.07, 6.45) is 14.8. The van der Waals surface area contributed by atoms with Crippen LogP contribution in [0.4, 0.5) is 0 Å². The zero-order valence-electron chi connectivity index (χ0n) is 12.4. The van der Waals surface area contributed by atoms with Crippen LogP contribution in [0.5, 0.6) is 0 Å². The molecule has 0 amide bonds. The molecule has 108 valence electrons. The van der Waals surface area contributed by atoms with Gasteiger partial charge in [-0.05, 0) is 50.4 Å². The van der Waals surface area contributed by atoms with Crippen molar-refractivity contribution in [2.45, 2.75) is 89.3 Å². The summed E-state index contributed by atoms with van der Waals surface area (Å²) in [5.41, 5.74) is 0. The second kappa shape index (κ2) is 5.04. The van der Waals surface area contributed by atoms with Gasteiger partial charge in [0.1, 0.15) is 0 Å². The van der Waals surface area contributed by atoms with Crippen molar-refractivity contribution in [1.82, 2.24) is 5.06 Å². The molecule has 0 unspecified atom stereocenters. The first-order valence-corrected chi connectivity index (χ1v) is 8.83. The second-order valence-electron chi connectivity index (χ2n) is 7.49. The van der Waals surface area contributed by atoms with Gasteiger partial charge in [-0.25, -0.2) is 0 Å². The number of nitrogens with zero attached hydrogens (tertiary/aromatic N) is 1. The molecule has 1 heterocycles. The van der Waals surface area contributed by atoms with Gasteiger partial charge in [0.25, 0.3) is 0 Å². The molecule has 2 nitrogen and oxygen atoms in total. The minimum Gasteiger partial charge on any atom is -0.294 e. The summed E-state index contributed by atoms with van der Waals surface area (Å²) in [5, 5.41) is 2.53. The van der Waals surface area contributed by atoms with Gasteiger partial charge in [0.05, 0.1) is 6.10 Å². The molecule has 0 N–H and O–H groups in total. The lowest BCUT2D eigenvalue weighted by molar-refractivity contribution is -0.204. The van der Waals surface area contributed by atoms with Crippen LogP contribution in [0.25, 0.3) is 0 Å². The van der Waals surface area contributed by atoms with Gasteiger partial charge >= 0.3 is 0 Å². The van der Waals surface area contributed by atoms with Crippen molar-refractivity contribution >= 4 is 0 Å². The lowest BCUT2D eigenvalue weighted by Gasteiger charge is -2.35. The van der Waals surface area contributed by atoms with Gasteiger partial charge in [-0.3, -0.25) is 4.84 Å². The van der Waals surface area contributed by atoms with Crippen LogP contribution in [-0.4, -0.2) is 23.3 Å². The molecule has 2 heteroatoms. The highest BCUT2D eigenvalue weighted by Crippen LogP contribution is 2.56. The maximum Gasteiger partial charge on any atom is 0.0868 e. The SMILES string of the molecule is CCC[C@@H]1[C@H]2[C@H]3CC[C@@H](C3)[C@@H]2ON1C1CCCCC1. The Morgan fingerprint density at radius 3 is 2.58 bits per heavy atom. The summed E-state index contributed by atoms with van der Waals surface area (Å²) >= 11 is 0. The maximum absolute atomic E-state index is 6.56. The minimum absolute atomic E-state index is 0.609. The number of hydrogen-bond donors (Lipinski definition) is 0. The molecule has 0 aromatic rings.